The molecule has 0 bridgehead atoms. The van der Waals surface area contributed by atoms with Crippen LogP contribution in [0.3, 0.4) is 0 Å². The third-order valence-corrected chi connectivity index (χ3v) is 5.77. The first-order valence-corrected chi connectivity index (χ1v) is 11.4. The third kappa shape index (κ3) is 5.51. The lowest BCUT2D eigenvalue weighted by Gasteiger charge is -2.13. The zero-order chi connectivity index (χ0) is 25.5. The number of carbonyl (C=O) groups is 2. The van der Waals surface area contributed by atoms with E-state index in [4.69, 9.17) is 16.3 Å². The lowest BCUT2D eigenvalue weighted by molar-refractivity contribution is -0.132. The van der Waals surface area contributed by atoms with Crippen LogP contribution in [0, 0.1) is 0 Å². The molecule has 4 rings (SSSR count). The molecular weight excluding hydrogens is 456 g/mol. The van der Waals surface area contributed by atoms with Gasteiger partial charge >= 0.3 is 5.97 Å². The molecule has 6 N–H and O–H groups in total. The van der Waals surface area contributed by atoms with Crippen LogP contribution in [-0.2, 0) is 4.79 Å². The van der Waals surface area contributed by atoms with Gasteiger partial charge in [0.25, 0.3) is 5.91 Å². The number of nitrogens with two attached hydrogens (primary N) is 2. The minimum atomic E-state index is -1.20. The number of nitrogens with zero attached hydrogens (tertiary/aromatic N) is 1. The zero-order valence-electron chi connectivity index (χ0n) is 19.5. The van der Waals surface area contributed by atoms with Crippen molar-refractivity contribution in [2.45, 2.75) is 12.8 Å². The molecule has 1 heterocycles. The number of hydrogen-bond donors (Lipinski definition) is 4. The minimum absolute atomic E-state index is 0.250. The number of nitrogens with one attached hydrogen (secondary N) is 1. The normalized spacial score (nSPS) is 11.6. The van der Waals surface area contributed by atoms with Crippen molar-refractivity contribution in [2.24, 2.45) is 11.6 Å². The molecule has 8 nitrogen and oxygen atoms in total. The predicted octanol–water partition coefficient (Wildman–Crippen LogP) is 4.12. The maximum Gasteiger partial charge on any atom is 0.352 e. The second kappa shape index (κ2) is 11.2. The Kier molecular flexibility index (Phi) is 7.57. The van der Waals surface area contributed by atoms with Crippen molar-refractivity contribution in [1.29, 1.82) is 0 Å². The van der Waals surface area contributed by atoms with Crippen LogP contribution >= 0.6 is 0 Å². The lowest BCUT2D eigenvalue weighted by Crippen LogP contribution is -2.29. The van der Waals surface area contributed by atoms with E-state index in [9.17, 15) is 14.7 Å². The largest absolute Gasteiger partial charge is 0.493 e. The number of pyridine rings is 1. The standard InChI is InChI=1S/C28H26N4O4/c29-26(28(34)35)22(9-5-17-36-25-12-3-7-18-6-1-2-8-21(18)25)24-11-4-10-23(31-24)19-13-15-20(16-14-19)27(33)32-30/h1-4,6-8,10-16H,5,9,17,29-30H2,(H,32,33)(H,34,35). The number of carboxylic acid groups (broad SMARTS) is 1. The number of aliphatic carboxylic acids is 1. The van der Waals surface area contributed by atoms with Gasteiger partial charge in [-0.3, -0.25) is 10.2 Å². The number of carboxylic acids is 1. The van der Waals surface area contributed by atoms with Gasteiger partial charge in [0.1, 0.15) is 11.4 Å². The van der Waals surface area contributed by atoms with Crippen molar-refractivity contribution in [2.75, 3.05) is 6.61 Å². The zero-order valence-corrected chi connectivity index (χ0v) is 19.5. The Bertz CT molecular complexity index is 1430. The molecule has 0 aliphatic heterocycles. The highest BCUT2D eigenvalue weighted by molar-refractivity contribution is 5.95. The number of aromatic nitrogens is 1. The van der Waals surface area contributed by atoms with Gasteiger partial charge < -0.3 is 15.6 Å². The van der Waals surface area contributed by atoms with Crippen molar-refractivity contribution in [3.8, 4) is 17.0 Å². The molecule has 182 valence electrons. The Labute approximate surface area is 208 Å². The van der Waals surface area contributed by atoms with E-state index in [1.54, 1.807) is 42.5 Å². The van der Waals surface area contributed by atoms with Gasteiger partial charge in [-0.1, -0.05) is 54.6 Å². The number of carbonyl (C=O) groups excluding carboxylic acids is 1. The number of hydrogen-bond acceptors (Lipinski definition) is 6. The number of allylic oxidation sites excluding steroid dienone is 1. The van der Waals surface area contributed by atoms with E-state index >= 15 is 0 Å². The number of nitrogen functional groups attached to an aromatic ring is 1. The van der Waals surface area contributed by atoms with Crippen LogP contribution in [0.25, 0.3) is 27.6 Å². The molecule has 0 spiro atoms. The Hall–Kier alpha value is -4.69. The molecule has 4 aromatic rings. The topological polar surface area (TPSA) is 141 Å². The van der Waals surface area contributed by atoms with Crippen LogP contribution in [0.4, 0.5) is 0 Å². The Morgan fingerprint density at radius 3 is 2.39 bits per heavy atom. The smallest absolute Gasteiger partial charge is 0.352 e. The van der Waals surface area contributed by atoms with Crippen molar-refractivity contribution >= 4 is 28.2 Å². The molecule has 3 aromatic carbocycles. The SMILES string of the molecule is NNC(=O)c1ccc(-c2cccc(C(CCCOc3cccc4ccccc34)=C(N)C(=O)O)n2)cc1. The fourth-order valence-electron chi connectivity index (χ4n) is 3.92. The van der Waals surface area contributed by atoms with Crippen LogP contribution in [0.5, 0.6) is 5.75 Å². The van der Waals surface area contributed by atoms with Gasteiger partial charge in [-0.2, -0.15) is 0 Å². The highest BCUT2D eigenvalue weighted by Crippen LogP contribution is 2.27. The van der Waals surface area contributed by atoms with Crippen molar-refractivity contribution in [3.63, 3.8) is 0 Å². The van der Waals surface area contributed by atoms with Crippen LogP contribution in [0.2, 0.25) is 0 Å². The molecular formula is C28H26N4O4. The monoisotopic (exact) mass is 482 g/mol. The van der Waals surface area contributed by atoms with Crippen LogP contribution in [-0.4, -0.2) is 28.6 Å². The van der Waals surface area contributed by atoms with Crippen LogP contribution < -0.4 is 21.7 Å². The van der Waals surface area contributed by atoms with Gasteiger partial charge in [-0.15, -0.1) is 0 Å². The molecule has 0 fully saturated rings. The van der Waals surface area contributed by atoms with Gasteiger partial charge in [0, 0.05) is 22.1 Å². The Balaban J connectivity index is 1.51. The summed E-state index contributed by atoms with van der Waals surface area (Å²) in [5.41, 5.74) is 10.5. The van der Waals surface area contributed by atoms with E-state index in [0.717, 1.165) is 22.1 Å². The summed E-state index contributed by atoms with van der Waals surface area (Å²) >= 11 is 0. The number of rotatable bonds is 9. The van der Waals surface area contributed by atoms with Crippen molar-refractivity contribution < 1.29 is 19.4 Å². The van der Waals surface area contributed by atoms with Crippen molar-refractivity contribution in [1.82, 2.24) is 10.4 Å². The second-order valence-electron chi connectivity index (χ2n) is 8.09. The van der Waals surface area contributed by atoms with Gasteiger partial charge in [-0.25, -0.2) is 15.6 Å². The first-order valence-electron chi connectivity index (χ1n) is 11.4. The average Bonchev–Trinajstić information content (AvgIpc) is 2.92. The number of hydrazine groups is 1. The van der Waals surface area contributed by atoms with E-state index in [1.807, 2.05) is 42.5 Å². The number of fused-ring (bicyclic) bond motifs is 1. The summed E-state index contributed by atoms with van der Waals surface area (Å²) in [6.07, 6.45) is 0.913. The van der Waals surface area contributed by atoms with Gasteiger partial charge in [0.2, 0.25) is 0 Å². The Morgan fingerprint density at radius 2 is 1.64 bits per heavy atom. The number of amides is 1. The molecule has 0 atom stereocenters. The Morgan fingerprint density at radius 1 is 0.917 bits per heavy atom. The van der Waals surface area contributed by atoms with E-state index < -0.39 is 11.9 Å². The number of ether oxygens (including phenoxy) is 1. The first-order chi connectivity index (χ1) is 17.5. The molecule has 36 heavy (non-hydrogen) atoms. The molecule has 8 heteroatoms. The quantitative estimate of drug-likeness (QED) is 0.0925. The molecule has 0 saturated heterocycles. The maximum absolute atomic E-state index is 11.7. The maximum atomic E-state index is 11.7. The fraction of sp³-hybridized carbons (Fsp3) is 0.107. The van der Waals surface area contributed by atoms with Gasteiger partial charge in [-0.05, 0) is 48.6 Å². The van der Waals surface area contributed by atoms with Gasteiger partial charge in [0.15, 0.2) is 0 Å². The number of benzene rings is 3. The molecule has 0 unspecified atom stereocenters. The summed E-state index contributed by atoms with van der Waals surface area (Å²) in [5, 5.41) is 11.7. The third-order valence-electron chi connectivity index (χ3n) is 5.77. The molecule has 0 radical (unpaired) electrons. The summed E-state index contributed by atoms with van der Waals surface area (Å²) in [6, 6.07) is 25.9. The molecule has 0 saturated carbocycles. The summed E-state index contributed by atoms with van der Waals surface area (Å²) in [6.45, 7) is 0.384. The molecule has 1 aromatic heterocycles. The molecule has 1 amide bonds. The summed E-state index contributed by atoms with van der Waals surface area (Å²) in [7, 11) is 0. The van der Waals surface area contributed by atoms with E-state index in [2.05, 4.69) is 10.4 Å². The highest BCUT2D eigenvalue weighted by Gasteiger charge is 2.15. The predicted molar refractivity (Wildman–Crippen MR) is 139 cm³/mol. The van der Waals surface area contributed by atoms with E-state index in [0.29, 0.717) is 42.0 Å². The summed E-state index contributed by atoms with van der Waals surface area (Å²) in [4.78, 5) is 28.0. The van der Waals surface area contributed by atoms with Crippen molar-refractivity contribution in [3.05, 3.63) is 102 Å². The minimum Gasteiger partial charge on any atom is -0.493 e. The first kappa shape index (κ1) is 24.4. The summed E-state index contributed by atoms with van der Waals surface area (Å²) in [5.74, 6) is 4.36. The molecule has 0 aliphatic rings. The fourth-order valence-corrected chi connectivity index (χ4v) is 3.92. The van der Waals surface area contributed by atoms with Gasteiger partial charge in [0.05, 0.1) is 18.0 Å². The average molecular weight is 483 g/mol. The van der Waals surface area contributed by atoms with Crippen LogP contribution in [0.15, 0.2) is 90.6 Å². The highest BCUT2D eigenvalue weighted by atomic mass is 16.5. The second-order valence-corrected chi connectivity index (χ2v) is 8.09. The van der Waals surface area contributed by atoms with Crippen LogP contribution in [0.1, 0.15) is 28.9 Å². The lowest BCUT2D eigenvalue weighted by atomic mass is 10.0. The molecule has 0 aliphatic carbocycles. The summed E-state index contributed by atoms with van der Waals surface area (Å²) < 4.78 is 6.01. The van der Waals surface area contributed by atoms with E-state index in [-0.39, 0.29) is 5.70 Å². The van der Waals surface area contributed by atoms with E-state index in [1.165, 1.54) is 0 Å².